The highest BCUT2D eigenvalue weighted by Gasteiger charge is 2.27. The van der Waals surface area contributed by atoms with Gasteiger partial charge >= 0.3 is 0 Å². The summed E-state index contributed by atoms with van der Waals surface area (Å²) in [6, 6.07) is 92.0. The number of fused-ring (bicyclic) bond motifs is 14. The summed E-state index contributed by atoms with van der Waals surface area (Å²) < 4.78 is 9.55. The lowest BCUT2D eigenvalue weighted by Crippen LogP contribution is -2.05. The van der Waals surface area contributed by atoms with Crippen molar-refractivity contribution in [1.82, 2.24) is 18.3 Å². The average Bonchev–Trinajstić information content (AvgIpc) is 4.18. The van der Waals surface area contributed by atoms with Gasteiger partial charge < -0.3 is 18.3 Å². The number of rotatable bonds is 6. The zero-order chi connectivity index (χ0) is 47.4. The van der Waals surface area contributed by atoms with Crippen molar-refractivity contribution in [3.8, 4) is 51.1 Å². The zero-order valence-electron chi connectivity index (χ0n) is 38.9. The third kappa shape index (κ3) is 5.69. The van der Waals surface area contributed by atoms with Crippen molar-refractivity contribution in [2.24, 2.45) is 0 Å². The smallest absolute Gasteiger partial charge is 0.104 e. The second-order valence-corrected chi connectivity index (χ2v) is 18.7. The Morgan fingerprint density at radius 3 is 1.10 bits per heavy atom. The predicted molar refractivity (Wildman–Crippen MR) is 299 cm³/mol. The summed E-state index contributed by atoms with van der Waals surface area (Å²) in [7, 11) is 0. The standard InChI is InChI=1S/C67H41N5/c68-42-55-62(71-56-31-14-10-27-49(56)51-35-37-60-64(66(51)71)53-29-12-16-33-58(53)69(60)47-23-6-2-7-24-47)40-46(45-22-18-21-44(39-45)43-19-4-1-5-20-43)41-63(55)72-57-32-15-11-28-50(57)52-36-38-61-65(67(52)72)54-30-13-17-34-59(54)70(61)48-25-8-3-9-26-48/h1-41H. The lowest BCUT2D eigenvalue weighted by molar-refractivity contribution is 1.12. The van der Waals surface area contributed by atoms with Gasteiger partial charge in [-0.3, -0.25) is 0 Å². The molecule has 0 N–H and O–H groups in total. The van der Waals surface area contributed by atoms with Crippen molar-refractivity contribution >= 4 is 87.2 Å². The van der Waals surface area contributed by atoms with Crippen molar-refractivity contribution in [3.63, 3.8) is 0 Å². The Bertz CT molecular complexity index is 4480. The van der Waals surface area contributed by atoms with Crippen LogP contribution in [-0.2, 0) is 0 Å². The van der Waals surface area contributed by atoms with Crippen molar-refractivity contribution in [1.29, 1.82) is 5.26 Å². The molecule has 5 nitrogen and oxygen atoms in total. The van der Waals surface area contributed by atoms with E-state index in [-0.39, 0.29) is 0 Å². The fourth-order valence-corrected chi connectivity index (χ4v) is 12.0. The number of nitrogens with zero attached hydrogens (tertiary/aromatic N) is 5. The molecule has 0 aliphatic rings. The van der Waals surface area contributed by atoms with E-state index >= 15 is 0 Å². The maximum Gasteiger partial charge on any atom is 0.104 e. The van der Waals surface area contributed by atoms with E-state index in [0.717, 1.165) is 132 Å². The molecule has 0 unspecified atom stereocenters. The molecule has 5 heteroatoms. The molecule has 0 saturated heterocycles. The van der Waals surface area contributed by atoms with Gasteiger partial charge in [0.1, 0.15) is 11.6 Å². The predicted octanol–water partition coefficient (Wildman–Crippen LogP) is 17.3. The molecule has 4 heterocycles. The van der Waals surface area contributed by atoms with Crippen molar-refractivity contribution in [2.75, 3.05) is 0 Å². The van der Waals surface area contributed by atoms with Crippen molar-refractivity contribution in [2.45, 2.75) is 0 Å². The molecule has 334 valence electrons. The molecule has 72 heavy (non-hydrogen) atoms. The summed E-state index contributed by atoms with van der Waals surface area (Å²) in [6.07, 6.45) is 0. The molecule has 0 bridgehead atoms. The molecule has 0 atom stereocenters. The fourth-order valence-electron chi connectivity index (χ4n) is 12.0. The van der Waals surface area contributed by atoms with Crippen LogP contribution in [-0.4, -0.2) is 18.3 Å². The SMILES string of the molecule is N#Cc1c(-n2c3ccccc3c3ccc4c(c5ccccc5n4-c4ccccc4)c32)cc(-c2cccc(-c3ccccc3)c2)cc1-n1c2ccccc2c2ccc3c(c4ccccc4n3-c3ccccc3)c21. The van der Waals surface area contributed by atoms with Crippen molar-refractivity contribution in [3.05, 3.63) is 254 Å². The van der Waals surface area contributed by atoms with Gasteiger partial charge in [-0.05, 0) is 101 Å². The normalized spacial score (nSPS) is 11.9. The molecule has 0 aliphatic heterocycles. The monoisotopic (exact) mass is 915 g/mol. The van der Waals surface area contributed by atoms with E-state index in [2.05, 4.69) is 273 Å². The molecule has 0 spiro atoms. The molecule has 0 amide bonds. The van der Waals surface area contributed by atoms with Crippen LogP contribution in [0.25, 0.3) is 132 Å². The molecule has 0 radical (unpaired) electrons. The number of hydrogen-bond donors (Lipinski definition) is 0. The summed E-state index contributed by atoms with van der Waals surface area (Å²) in [5.74, 6) is 0. The first kappa shape index (κ1) is 40.0. The maximum absolute atomic E-state index is 12.1. The van der Waals surface area contributed by atoms with Gasteiger partial charge in [-0.1, -0.05) is 170 Å². The summed E-state index contributed by atoms with van der Waals surface area (Å²) in [4.78, 5) is 0. The molecule has 0 fully saturated rings. The first-order chi connectivity index (χ1) is 35.7. The van der Waals surface area contributed by atoms with Crippen LogP contribution in [0.3, 0.4) is 0 Å². The van der Waals surface area contributed by atoms with Gasteiger partial charge in [0, 0.05) is 54.5 Å². The molecule has 11 aromatic carbocycles. The second kappa shape index (κ2) is 15.6. The Kier molecular flexibility index (Phi) is 8.66. The number of benzene rings is 11. The molecule has 15 rings (SSSR count). The van der Waals surface area contributed by atoms with Gasteiger partial charge in [-0.15, -0.1) is 0 Å². The first-order valence-electron chi connectivity index (χ1n) is 24.5. The quantitative estimate of drug-likeness (QED) is 0.164. The van der Waals surface area contributed by atoms with E-state index in [1.54, 1.807) is 0 Å². The Morgan fingerprint density at radius 1 is 0.264 bits per heavy atom. The minimum Gasteiger partial charge on any atom is -0.309 e. The van der Waals surface area contributed by atoms with Gasteiger partial charge in [0.2, 0.25) is 0 Å². The Morgan fingerprint density at radius 2 is 0.639 bits per heavy atom. The van der Waals surface area contributed by atoms with Crippen LogP contribution in [0, 0.1) is 11.3 Å². The van der Waals surface area contributed by atoms with Crippen LogP contribution in [0.1, 0.15) is 5.56 Å². The minimum absolute atomic E-state index is 0.580. The topological polar surface area (TPSA) is 43.5 Å². The number of para-hydroxylation sites is 6. The molecule has 15 aromatic rings. The largest absolute Gasteiger partial charge is 0.309 e. The highest BCUT2D eigenvalue weighted by atomic mass is 15.0. The van der Waals surface area contributed by atoms with Crippen LogP contribution in [0.15, 0.2) is 249 Å². The fraction of sp³-hybridized carbons (Fsp3) is 0. The van der Waals surface area contributed by atoms with E-state index in [4.69, 9.17) is 0 Å². The summed E-state index contributed by atoms with van der Waals surface area (Å²) in [5.41, 5.74) is 17.4. The van der Waals surface area contributed by atoms with Gasteiger partial charge in [-0.2, -0.15) is 5.26 Å². The highest BCUT2D eigenvalue weighted by Crippen LogP contribution is 2.47. The second-order valence-electron chi connectivity index (χ2n) is 18.7. The maximum atomic E-state index is 12.1. The summed E-state index contributed by atoms with van der Waals surface area (Å²) in [5, 5.41) is 21.2. The summed E-state index contributed by atoms with van der Waals surface area (Å²) >= 11 is 0. The molecular formula is C67H41N5. The van der Waals surface area contributed by atoms with Crippen LogP contribution < -0.4 is 0 Å². The van der Waals surface area contributed by atoms with Crippen LogP contribution >= 0.6 is 0 Å². The van der Waals surface area contributed by atoms with Gasteiger partial charge in [0.05, 0.1) is 55.5 Å². The van der Waals surface area contributed by atoms with Crippen molar-refractivity contribution < 1.29 is 0 Å². The van der Waals surface area contributed by atoms with Gasteiger partial charge in [-0.25, -0.2) is 0 Å². The minimum atomic E-state index is 0.580. The number of nitriles is 1. The number of hydrogen-bond acceptors (Lipinski definition) is 1. The molecule has 0 aliphatic carbocycles. The number of aromatic nitrogens is 4. The Labute approximate surface area is 414 Å². The lowest BCUT2D eigenvalue weighted by atomic mass is 9.96. The van der Waals surface area contributed by atoms with Crippen LogP contribution in [0.2, 0.25) is 0 Å². The summed E-state index contributed by atoms with van der Waals surface area (Å²) in [6.45, 7) is 0. The third-order valence-electron chi connectivity index (χ3n) is 15.0. The van der Waals surface area contributed by atoms with E-state index in [0.29, 0.717) is 5.56 Å². The van der Waals surface area contributed by atoms with Crippen LogP contribution in [0.5, 0.6) is 0 Å². The first-order valence-corrected chi connectivity index (χ1v) is 24.5. The van der Waals surface area contributed by atoms with Gasteiger partial charge in [0.15, 0.2) is 0 Å². The van der Waals surface area contributed by atoms with Gasteiger partial charge in [0.25, 0.3) is 0 Å². The van der Waals surface area contributed by atoms with Crippen LogP contribution in [0.4, 0.5) is 0 Å². The Hall–Kier alpha value is -9.89. The molecule has 4 aromatic heterocycles. The molecular weight excluding hydrogens is 875 g/mol. The molecule has 0 saturated carbocycles. The van der Waals surface area contributed by atoms with E-state index in [1.165, 1.54) is 0 Å². The zero-order valence-corrected chi connectivity index (χ0v) is 38.9. The average molecular weight is 916 g/mol. The lowest BCUT2D eigenvalue weighted by Gasteiger charge is -2.19. The highest BCUT2D eigenvalue weighted by molar-refractivity contribution is 6.28. The van der Waals surface area contributed by atoms with E-state index in [9.17, 15) is 5.26 Å². The Balaban J connectivity index is 1.13. The third-order valence-corrected chi connectivity index (χ3v) is 15.0. The van der Waals surface area contributed by atoms with E-state index in [1.807, 2.05) is 0 Å². The van der Waals surface area contributed by atoms with E-state index < -0.39 is 0 Å².